The Labute approximate surface area is 283 Å². The van der Waals surface area contributed by atoms with Crippen molar-refractivity contribution in [3.63, 3.8) is 0 Å². The van der Waals surface area contributed by atoms with Gasteiger partial charge in [-0.05, 0) is 68.7 Å². The lowest BCUT2D eigenvalue weighted by molar-refractivity contribution is -0.127. The summed E-state index contributed by atoms with van der Waals surface area (Å²) in [6, 6.07) is 13.3. The molecule has 1 amide bonds. The summed E-state index contributed by atoms with van der Waals surface area (Å²) in [5.74, 6) is -1.25. The molecular formula is C37H40F3N7O2. The minimum Gasteiger partial charge on any atom is -0.467 e. The number of carbonyl (C=O) groups excluding carboxylic acids is 1. The Morgan fingerprint density at radius 3 is 2.59 bits per heavy atom. The zero-order chi connectivity index (χ0) is 34.1. The van der Waals surface area contributed by atoms with E-state index in [4.69, 9.17) is 4.74 Å². The van der Waals surface area contributed by atoms with Gasteiger partial charge in [0.1, 0.15) is 23.2 Å². The molecule has 3 atom stereocenters. The Bertz CT molecular complexity index is 1840. The van der Waals surface area contributed by atoms with Gasteiger partial charge in [-0.25, -0.2) is 13.2 Å². The number of pyridine rings is 2. The second kappa shape index (κ2) is 14.1. The van der Waals surface area contributed by atoms with Gasteiger partial charge in [0, 0.05) is 62.8 Å². The largest absolute Gasteiger partial charge is 0.467 e. The number of likely N-dealkylation sites (tertiary alicyclic amines) is 1. The highest BCUT2D eigenvalue weighted by Crippen LogP contribution is 2.45. The van der Waals surface area contributed by atoms with Gasteiger partial charge in [-0.3, -0.25) is 19.7 Å². The molecule has 0 N–H and O–H groups in total. The van der Waals surface area contributed by atoms with Gasteiger partial charge in [-0.1, -0.05) is 30.3 Å². The molecule has 6 heterocycles. The maximum Gasteiger partial charge on any atom is 0.318 e. The monoisotopic (exact) mass is 671 g/mol. The fraction of sp³-hybridized carbons (Fsp3) is 0.432. The van der Waals surface area contributed by atoms with E-state index < -0.39 is 23.7 Å². The Morgan fingerprint density at radius 1 is 1.02 bits per heavy atom. The van der Waals surface area contributed by atoms with E-state index in [-0.39, 0.29) is 29.8 Å². The molecule has 0 spiro atoms. The Morgan fingerprint density at radius 2 is 1.84 bits per heavy atom. The van der Waals surface area contributed by atoms with E-state index in [1.807, 2.05) is 36.2 Å². The molecule has 4 fully saturated rings. The van der Waals surface area contributed by atoms with Gasteiger partial charge in [0.25, 0.3) is 5.91 Å². The minimum atomic E-state index is -0.874. The fourth-order valence-electron chi connectivity index (χ4n) is 7.28. The molecule has 8 rings (SSSR count). The third-order valence-corrected chi connectivity index (χ3v) is 10.0. The van der Waals surface area contributed by atoms with E-state index in [0.29, 0.717) is 48.4 Å². The standard InChI is InChI=1S/C30H28F2N6O2.C7H12FN/c1-37(20-12-14-38(17-20)29(39)24(31)15-19-7-5-6-13-33-19)28-23-16-34-26(25(32)27(23)35-30(36-28)40-2)22-9-4-3-8-21(22)18-10-11-18;8-6-4-7-2-1-3-9(7)5-6/h3-9,13,15-16,18,20H,10-12,14,17H2,1-2H3;6-7H,1-5H2/b24-15-;. The number of alkyl halides is 1. The molecule has 4 aromatic rings. The van der Waals surface area contributed by atoms with Gasteiger partial charge in [-0.2, -0.15) is 9.97 Å². The molecule has 3 aromatic heterocycles. The first-order chi connectivity index (χ1) is 23.8. The minimum absolute atomic E-state index is 0.0242. The van der Waals surface area contributed by atoms with E-state index >= 15 is 4.39 Å². The van der Waals surface area contributed by atoms with Gasteiger partial charge in [0.15, 0.2) is 11.6 Å². The van der Waals surface area contributed by atoms with Gasteiger partial charge >= 0.3 is 6.01 Å². The lowest BCUT2D eigenvalue weighted by atomic mass is 9.99. The third kappa shape index (κ3) is 6.96. The first-order valence-corrected chi connectivity index (χ1v) is 17.0. The number of benzene rings is 1. The van der Waals surface area contributed by atoms with Crippen molar-refractivity contribution in [3.05, 3.63) is 77.8 Å². The molecule has 1 aromatic carbocycles. The molecule has 9 nitrogen and oxygen atoms in total. The summed E-state index contributed by atoms with van der Waals surface area (Å²) in [6.45, 7) is 2.50. The van der Waals surface area contributed by atoms with Crippen LogP contribution in [0.25, 0.3) is 28.2 Å². The normalized spacial score (nSPS) is 22.2. The van der Waals surface area contributed by atoms with Crippen molar-refractivity contribution >= 4 is 28.7 Å². The maximum absolute atomic E-state index is 16.1. The zero-order valence-electron chi connectivity index (χ0n) is 27.7. The van der Waals surface area contributed by atoms with Crippen molar-refractivity contribution in [2.45, 2.75) is 62.7 Å². The summed E-state index contributed by atoms with van der Waals surface area (Å²) in [5.41, 5.74) is 2.58. The smallest absolute Gasteiger partial charge is 0.318 e. The highest BCUT2D eigenvalue weighted by molar-refractivity contribution is 5.96. The highest BCUT2D eigenvalue weighted by Gasteiger charge is 2.35. The highest BCUT2D eigenvalue weighted by atomic mass is 19.1. The molecule has 1 aliphatic carbocycles. The van der Waals surface area contributed by atoms with Crippen LogP contribution in [0.4, 0.5) is 19.0 Å². The molecule has 12 heteroatoms. The second-order valence-electron chi connectivity index (χ2n) is 13.3. The Hall–Kier alpha value is -4.58. The number of anilines is 1. The van der Waals surface area contributed by atoms with Crippen LogP contribution in [0.1, 0.15) is 55.7 Å². The summed E-state index contributed by atoms with van der Waals surface area (Å²) < 4.78 is 48.7. The summed E-state index contributed by atoms with van der Waals surface area (Å²) in [4.78, 5) is 35.8. The number of carbonyl (C=O) groups is 1. The maximum atomic E-state index is 16.1. The quantitative estimate of drug-likeness (QED) is 0.210. The van der Waals surface area contributed by atoms with Crippen LogP contribution in [-0.4, -0.2) is 94.2 Å². The number of aromatic nitrogens is 4. The average molecular weight is 672 g/mol. The number of fused-ring (bicyclic) bond motifs is 2. The van der Waals surface area contributed by atoms with Crippen LogP contribution in [0, 0.1) is 5.82 Å². The molecule has 256 valence electrons. The van der Waals surface area contributed by atoms with Gasteiger partial charge in [0.2, 0.25) is 0 Å². The first kappa shape index (κ1) is 32.9. The molecule has 1 saturated carbocycles. The number of hydrogen-bond acceptors (Lipinski definition) is 8. The molecule has 0 bridgehead atoms. The molecule has 49 heavy (non-hydrogen) atoms. The summed E-state index contributed by atoms with van der Waals surface area (Å²) in [7, 11) is 3.24. The average Bonchev–Trinajstić information content (AvgIpc) is 3.50. The van der Waals surface area contributed by atoms with Crippen LogP contribution in [0.2, 0.25) is 0 Å². The Kier molecular flexibility index (Phi) is 9.48. The fourth-order valence-corrected chi connectivity index (χ4v) is 7.28. The van der Waals surface area contributed by atoms with Crippen molar-refractivity contribution in [1.82, 2.24) is 29.7 Å². The van der Waals surface area contributed by atoms with Crippen LogP contribution in [0.15, 0.2) is 60.7 Å². The molecule has 3 unspecified atom stereocenters. The molecule has 3 aliphatic heterocycles. The SMILES string of the molecule is COc1nc(N(C)C2CCN(C(=O)/C(F)=C/c3ccccn3)C2)c2cnc(-c3ccccc3C3CC3)c(F)c2n1.FC1CC2CCCN2C1. The predicted octanol–water partition coefficient (Wildman–Crippen LogP) is 6.35. The number of nitrogens with zero attached hydrogens (tertiary/aromatic N) is 7. The summed E-state index contributed by atoms with van der Waals surface area (Å²) in [5, 5.41) is 0.430. The first-order valence-electron chi connectivity index (χ1n) is 17.0. The van der Waals surface area contributed by atoms with Gasteiger partial charge in [-0.15, -0.1) is 0 Å². The van der Waals surface area contributed by atoms with Crippen LogP contribution in [0.5, 0.6) is 6.01 Å². The van der Waals surface area contributed by atoms with Crippen molar-refractivity contribution < 1.29 is 22.7 Å². The number of amides is 1. The summed E-state index contributed by atoms with van der Waals surface area (Å²) in [6.07, 6.45) is 9.83. The molecule has 4 aliphatic rings. The molecule has 0 radical (unpaired) electrons. The lowest BCUT2D eigenvalue weighted by Crippen LogP contribution is -2.37. The van der Waals surface area contributed by atoms with E-state index in [1.165, 1.54) is 31.0 Å². The van der Waals surface area contributed by atoms with Gasteiger partial charge in [0.05, 0.1) is 18.2 Å². The van der Waals surface area contributed by atoms with E-state index in [9.17, 15) is 13.6 Å². The third-order valence-electron chi connectivity index (χ3n) is 10.0. The number of ether oxygens (including phenoxy) is 1. The summed E-state index contributed by atoms with van der Waals surface area (Å²) >= 11 is 0. The van der Waals surface area contributed by atoms with Crippen LogP contribution in [0.3, 0.4) is 0 Å². The van der Waals surface area contributed by atoms with Crippen molar-refractivity contribution in [2.24, 2.45) is 0 Å². The van der Waals surface area contributed by atoms with Crippen molar-refractivity contribution in [1.29, 1.82) is 0 Å². The molecular weight excluding hydrogens is 631 g/mol. The van der Waals surface area contributed by atoms with E-state index in [1.54, 1.807) is 24.4 Å². The van der Waals surface area contributed by atoms with Crippen LogP contribution >= 0.6 is 0 Å². The van der Waals surface area contributed by atoms with Crippen LogP contribution < -0.4 is 9.64 Å². The molecule has 3 saturated heterocycles. The van der Waals surface area contributed by atoms with Crippen molar-refractivity contribution in [3.8, 4) is 17.3 Å². The van der Waals surface area contributed by atoms with Crippen LogP contribution in [-0.2, 0) is 4.79 Å². The topological polar surface area (TPSA) is 87.6 Å². The number of rotatable bonds is 7. The predicted molar refractivity (Wildman–Crippen MR) is 182 cm³/mol. The Balaban J connectivity index is 0.000000361. The number of likely N-dealkylation sites (N-methyl/N-ethyl adjacent to an activating group) is 1. The second-order valence-corrected chi connectivity index (χ2v) is 13.3. The van der Waals surface area contributed by atoms with Gasteiger partial charge < -0.3 is 14.5 Å². The number of hydrogen-bond donors (Lipinski definition) is 0. The van der Waals surface area contributed by atoms with Crippen molar-refractivity contribution in [2.75, 3.05) is 45.2 Å². The number of halogens is 3. The number of methoxy groups -OCH3 is 1. The van der Waals surface area contributed by atoms with E-state index in [2.05, 4.69) is 24.8 Å². The zero-order valence-corrected chi connectivity index (χ0v) is 27.7. The lowest BCUT2D eigenvalue weighted by Gasteiger charge is -2.27. The van der Waals surface area contributed by atoms with E-state index in [0.717, 1.165) is 43.0 Å².